The van der Waals surface area contributed by atoms with Crippen LogP contribution in [0.1, 0.15) is 57.1 Å². The van der Waals surface area contributed by atoms with Gasteiger partial charge >= 0.3 is 0 Å². The van der Waals surface area contributed by atoms with Crippen LogP contribution in [0.15, 0.2) is 28.8 Å². The fourth-order valence-corrected chi connectivity index (χ4v) is 10.8. The van der Waals surface area contributed by atoms with Crippen LogP contribution in [0.3, 0.4) is 0 Å². The number of hydrogen-bond acceptors (Lipinski definition) is 7. The maximum atomic E-state index is 13.7. The van der Waals surface area contributed by atoms with Crippen molar-refractivity contribution in [3.63, 3.8) is 0 Å². The molecule has 3 aliphatic carbocycles. The van der Waals surface area contributed by atoms with Crippen LogP contribution in [-0.4, -0.2) is 73.4 Å². The SMILES string of the molecule is CC1C(CS(C)(=O)=O)C2CC1C1C(=O)N(C[C@H]3CCC[C@@H]3CN3CCC(c4noc5ccccc45)CC3)C(=O)C21. The number of amides is 2. The Morgan fingerprint density at radius 1 is 0.950 bits per heavy atom. The Morgan fingerprint density at radius 2 is 1.62 bits per heavy atom. The average Bonchev–Trinajstić information content (AvgIpc) is 3.73. The van der Waals surface area contributed by atoms with Crippen LogP contribution in [-0.2, 0) is 19.4 Å². The van der Waals surface area contributed by atoms with Crippen molar-refractivity contribution in [1.29, 1.82) is 0 Å². The van der Waals surface area contributed by atoms with E-state index in [0.717, 1.165) is 74.8 Å². The number of nitrogens with zero attached hydrogens (tertiary/aromatic N) is 3. The minimum Gasteiger partial charge on any atom is -0.356 e. The third-order valence-electron chi connectivity index (χ3n) is 11.5. The molecule has 1 aromatic carbocycles. The molecule has 216 valence electrons. The Balaban J connectivity index is 0.977. The lowest BCUT2D eigenvalue weighted by molar-refractivity contribution is -0.141. The first kappa shape index (κ1) is 26.6. The molecule has 2 amide bonds. The summed E-state index contributed by atoms with van der Waals surface area (Å²) in [4.78, 5) is 31.5. The molecular weight excluding hydrogens is 526 g/mol. The molecule has 6 unspecified atom stereocenters. The second-order valence-corrected chi connectivity index (χ2v) is 15.8. The number of aromatic nitrogens is 1. The second-order valence-electron chi connectivity index (χ2n) is 13.6. The van der Waals surface area contributed by atoms with Gasteiger partial charge in [-0.2, -0.15) is 0 Å². The van der Waals surface area contributed by atoms with Gasteiger partial charge in [0.15, 0.2) is 5.58 Å². The maximum Gasteiger partial charge on any atom is 0.233 e. The molecule has 2 aromatic rings. The van der Waals surface area contributed by atoms with Crippen molar-refractivity contribution in [2.75, 3.05) is 38.2 Å². The van der Waals surface area contributed by atoms with E-state index in [1.54, 1.807) is 4.90 Å². The number of sulfone groups is 1. The lowest BCUT2D eigenvalue weighted by Gasteiger charge is -2.35. The van der Waals surface area contributed by atoms with Crippen molar-refractivity contribution in [2.24, 2.45) is 47.3 Å². The van der Waals surface area contributed by atoms with Crippen LogP contribution in [0, 0.1) is 47.3 Å². The number of fused-ring (bicyclic) bond motifs is 6. The van der Waals surface area contributed by atoms with Crippen molar-refractivity contribution < 1.29 is 22.5 Å². The summed E-state index contributed by atoms with van der Waals surface area (Å²) < 4.78 is 29.8. The summed E-state index contributed by atoms with van der Waals surface area (Å²) in [6.07, 6.45) is 7.62. The molecule has 3 saturated carbocycles. The minimum absolute atomic E-state index is 0.00431. The lowest BCUT2D eigenvalue weighted by atomic mass is 9.70. The highest BCUT2D eigenvalue weighted by Gasteiger charge is 2.66. The Bertz CT molecular complexity index is 1410. The van der Waals surface area contributed by atoms with Crippen molar-refractivity contribution in [3.8, 4) is 0 Å². The van der Waals surface area contributed by atoms with Gasteiger partial charge in [0.05, 0.1) is 23.3 Å². The normalized spacial score (nSPS) is 36.8. The molecule has 2 aliphatic heterocycles. The van der Waals surface area contributed by atoms with Crippen LogP contribution < -0.4 is 0 Å². The van der Waals surface area contributed by atoms with E-state index in [0.29, 0.717) is 24.3 Å². The monoisotopic (exact) mass is 567 g/mol. The van der Waals surface area contributed by atoms with E-state index in [4.69, 9.17) is 4.52 Å². The number of carbonyl (C=O) groups is 2. The third kappa shape index (κ3) is 4.42. The van der Waals surface area contributed by atoms with Gasteiger partial charge in [-0.05, 0) is 92.8 Å². The third-order valence-corrected chi connectivity index (χ3v) is 12.4. The highest BCUT2D eigenvalue weighted by molar-refractivity contribution is 7.90. The maximum absolute atomic E-state index is 13.7. The van der Waals surface area contributed by atoms with Gasteiger partial charge in [0, 0.05) is 30.6 Å². The van der Waals surface area contributed by atoms with Gasteiger partial charge in [-0.3, -0.25) is 14.5 Å². The first-order chi connectivity index (χ1) is 19.2. The van der Waals surface area contributed by atoms with Crippen molar-refractivity contribution in [2.45, 2.75) is 51.4 Å². The predicted molar refractivity (Wildman–Crippen MR) is 151 cm³/mol. The van der Waals surface area contributed by atoms with Gasteiger partial charge in [0.1, 0.15) is 9.84 Å². The number of carbonyl (C=O) groups excluding carboxylic acids is 2. The lowest BCUT2D eigenvalue weighted by Crippen LogP contribution is -2.41. The van der Waals surface area contributed by atoms with Crippen molar-refractivity contribution in [1.82, 2.24) is 15.0 Å². The van der Waals surface area contributed by atoms with Crippen LogP contribution in [0.2, 0.25) is 0 Å². The summed E-state index contributed by atoms with van der Waals surface area (Å²) in [5.74, 6) is 1.24. The predicted octanol–water partition coefficient (Wildman–Crippen LogP) is 3.97. The highest BCUT2D eigenvalue weighted by Crippen LogP contribution is 2.61. The fourth-order valence-electron chi connectivity index (χ4n) is 9.53. The van der Waals surface area contributed by atoms with Gasteiger partial charge in [0.2, 0.25) is 11.8 Å². The number of rotatable bonds is 7. The van der Waals surface area contributed by atoms with E-state index in [-0.39, 0.29) is 53.1 Å². The molecule has 1 aromatic heterocycles. The number of likely N-dealkylation sites (tertiary alicyclic amines) is 2. The van der Waals surface area contributed by atoms with Crippen molar-refractivity contribution in [3.05, 3.63) is 30.0 Å². The Hall–Kier alpha value is -2.26. The topological polar surface area (TPSA) is 101 Å². The number of para-hydroxylation sites is 1. The van der Waals surface area contributed by atoms with E-state index in [9.17, 15) is 18.0 Å². The summed E-state index contributed by atoms with van der Waals surface area (Å²) in [6.45, 7) is 5.73. The van der Waals surface area contributed by atoms with Crippen LogP contribution in [0.4, 0.5) is 0 Å². The molecule has 9 heteroatoms. The minimum atomic E-state index is -3.13. The summed E-state index contributed by atoms with van der Waals surface area (Å²) in [7, 11) is -3.13. The zero-order chi connectivity index (χ0) is 27.8. The fraction of sp³-hybridized carbons (Fsp3) is 0.710. The van der Waals surface area contributed by atoms with Crippen LogP contribution in [0.5, 0.6) is 0 Å². The Kier molecular flexibility index (Phi) is 6.61. The van der Waals surface area contributed by atoms with E-state index in [2.05, 4.69) is 23.0 Å². The second kappa shape index (κ2) is 9.93. The Labute approximate surface area is 236 Å². The van der Waals surface area contributed by atoms with E-state index in [1.807, 2.05) is 18.2 Å². The molecule has 3 heterocycles. The average molecular weight is 568 g/mol. The molecule has 5 fully saturated rings. The largest absolute Gasteiger partial charge is 0.356 e. The molecule has 2 saturated heterocycles. The molecule has 2 bridgehead atoms. The smallest absolute Gasteiger partial charge is 0.233 e. The molecule has 40 heavy (non-hydrogen) atoms. The quantitative estimate of drug-likeness (QED) is 0.467. The van der Waals surface area contributed by atoms with E-state index < -0.39 is 9.84 Å². The molecule has 0 N–H and O–H groups in total. The molecule has 0 spiro atoms. The van der Waals surface area contributed by atoms with Crippen LogP contribution in [0.25, 0.3) is 11.0 Å². The number of benzene rings is 1. The number of hydrogen-bond donors (Lipinski definition) is 0. The molecule has 7 rings (SSSR count). The molecule has 5 aliphatic rings. The Morgan fingerprint density at radius 3 is 2.35 bits per heavy atom. The van der Waals surface area contributed by atoms with E-state index in [1.165, 1.54) is 6.26 Å². The summed E-state index contributed by atoms with van der Waals surface area (Å²) in [5.41, 5.74) is 1.95. The molecule has 0 radical (unpaired) electrons. The zero-order valence-corrected chi connectivity index (χ0v) is 24.4. The van der Waals surface area contributed by atoms with Gasteiger partial charge in [-0.15, -0.1) is 0 Å². The first-order valence-corrected chi connectivity index (χ1v) is 17.3. The van der Waals surface area contributed by atoms with Crippen molar-refractivity contribution >= 4 is 32.6 Å². The summed E-state index contributed by atoms with van der Waals surface area (Å²) >= 11 is 0. The van der Waals surface area contributed by atoms with Gasteiger partial charge < -0.3 is 9.42 Å². The number of imide groups is 1. The number of piperidine rings is 1. The van der Waals surface area contributed by atoms with Gasteiger partial charge in [-0.25, -0.2) is 8.42 Å². The molecule has 8 nitrogen and oxygen atoms in total. The molecular formula is C31H41N3O5S. The highest BCUT2D eigenvalue weighted by atomic mass is 32.2. The molecule has 8 atom stereocenters. The van der Waals surface area contributed by atoms with E-state index >= 15 is 0 Å². The van der Waals surface area contributed by atoms with Crippen LogP contribution >= 0.6 is 0 Å². The summed E-state index contributed by atoms with van der Waals surface area (Å²) in [6, 6.07) is 8.10. The standard InChI is InChI=1S/C31H41N3O5S/c1-18-23-14-24(25(18)17-40(2,37)38)28-27(23)30(35)34(31(28)36)16-21-7-5-6-20(21)15-33-12-10-19(11-13-33)29-22-8-3-4-9-26(22)39-32-29/h3-4,8-9,18-21,23-25,27-28H,5-7,10-17H2,1-2H3/t18?,20-,21-,23?,24?,25?,27?,28?/m1/s1. The zero-order valence-electron chi connectivity index (χ0n) is 23.6. The van der Waals surface area contributed by atoms with Gasteiger partial charge in [0.25, 0.3) is 0 Å². The van der Waals surface area contributed by atoms with Gasteiger partial charge in [-0.1, -0.05) is 30.6 Å². The first-order valence-electron chi connectivity index (χ1n) is 15.3. The summed E-state index contributed by atoms with van der Waals surface area (Å²) in [5, 5.41) is 5.54.